The summed E-state index contributed by atoms with van der Waals surface area (Å²) in [6, 6.07) is 6.71. The molecule has 3 heteroatoms. The Kier molecular flexibility index (Phi) is 3.57. The Hall–Kier alpha value is -1.35. The fraction of sp³-hybridized carbons (Fsp3) is 0.385. The molecule has 0 bridgehead atoms. The molecule has 0 heterocycles. The molecule has 1 fully saturated rings. The number of nitrogens with one attached hydrogen (secondary N) is 1. The highest BCUT2D eigenvalue weighted by molar-refractivity contribution is 5.22. The van der Waals surface area contributed by atoms with Gasteiger partial charge >= 0.3 is 0 Å². The summed E-state index contributed by atoms with van der Waals surface area (Å²) >= 11 is 0. The number of hydrogen-bond acceptors (Lipinski definition) is 2. The molecule has 0 spiro atoms. The monoisotopic (exact) mass is 221 g/mol. The number of benzene rings is 1. The van der Waals surface area contributed by atoms with Gasteiger partial charge in [-0.05, 0) is 42.7 Å². The summed E-state index contributed by atoms with van der Waals surface area (Å²) in [5.74, 6) is 0.426. The second-order valence-electron chi connectivity index (χ2n) is 4.15. The molecular weight excluding hydrogens is 205 g/mol. The average molecular weight is 221 g/mol. The summed E-state index contributed by atoms with van der Waals surface area (Å²) < 4.78 is 18.1. The van der Waals surface area contributed by atoms with Crippen LogP contribution in [-0.4, -0.2) is 19.2 Å². The molecule has 1 aliphatic carbocycles. The standard InChI is InChI=1S/C13H16FNO/c1-10(8-15-12-4-5-12)9-16-13-6-2-11(14)3-7-13/h2-3,6-7,12,15H,1,4-5,8-9H2. The molecule has 0 amide bonds. The molecule has 2 nitrogen and oxygen atoms in total. The number of rotatable bonds is 6. The SMILES string of the molecule is C=C(CNC1CC1)COc1ccc(F)cc1. The highest BCUT2D eigenvalue weighted by Gasteiger charge is 2.19. The van der Waals surface area contributed by atoms with Crippen molar-refractivity contribution < 1.29 is 9.13 Å². The molecule has 0 aliphatic heterocycles. The molecule has 0 unspecified atom stereocenters. The Morgan fingerprint density at radius 1 is 1.38 bits per heavy atom. The molecule has 1 aromatic carbocycles. The summed E-state index contributed by atoms with van der Waals surface area (Å²) in [4.78, 5) is 0. The lowest BCUT2D eigenvalue weighted by molar-refractivity contribution is 0.347. The topological polar surface area (TPSA) is 21.3 Å². The van der Waals surface area contributed by atoms with Crippen LogP contribution in [-0.2, 0) is 0 Å². The quantitative estimate of drug-likeness (QED) is 0.745. The van der Waals surface area contributed by atoms with E-state index in [-0.39, 0.29) is 5.82 Å². The van der Waals surface area contributed by atoms with Crippen LogP contribution < -0.4 is 10.1 Å². The molecule has 1 saturated carbocycles. The molecule has 2 rings (SSSR count). The molecule has 1 aliphatic rings. The fourth-order valence-corrected chi connectivity index (χ4v) is 1.34. The highest BCUT2D eigenvalue weighted by Crippen LogP contribution is 2.18. The van der Waals surface area contributed by atoms with Gasteiger partial charge < -0.3 is 10.1 Å². The first-order chi connectivity index (χ1) is 7.74. The molecule has 0 saturated heterocycles. The van der Waals surface area contributed by atoms with E-state index in [4.69, 9.17) is 4.74 Å². The predicted molar refractivity (Wildman–Crippen MR) is 62.1 cm³/mol. The summed E-state index contributed by atoms with van der Waals surface area (Å²) in [5.41, 5.74) is 1.01. The average Bonchev–Trinajstić information content (AvgIpc) is 3.09. The minimum atomic E-state index is -0.249. The summed E-state index contributed by atoms with van der Waals surface area (Å²) in [7, 11) is 0. The first-order valence-electron chi connectivity index (χ1n) is 5.52. The van der Waals surface area contributed by atoms with Crippen LogP contribution in [0.3, 0.4) is 0 Å². The van der Waals surface area contributed by atoms with Gasteiger partial charge in [0.1, 0.15) is 18.2 Å². The summed E-state index contributed by atoms with van der Waals surface area (Å²) in [6.45, 7) is 5.20. The zero-order chi connectivity index (χ0) is 11.4. The number of ether oxygens (including phenoxy) is 1. The van der Waals surface area contributed by atoms with Gasteiger partial charge in [0, 0.05) is 12.6 Å². The smallest absolute Gasteiger partial charge is 0.123 e. The predicted octanol–water partition coefficient (Wildman–Crippen LogP) is 2.51. The van der Waals surface area contributed by atoms with E-state index in [1.54, 1.807) is 12.1 Å². The van der Waals surface area contributed by atoms with Gasteiger partial charge in [-0.25, -0.2) is 4.39 Å². The van der Waals surface area contributed by atoms with E-state index in [1.165, 1.54) is 25.0 Å². The van der Waals surface area contributed by atoms with Crippen molar-refractivity contribution in [2.45, 2.75) is 18.9 Å². The zero-order valence-corrected chi connectivity index (χ0v) is 9.21. The Morgan fingerprint density at radius 3 is 2.69 bits per heavy atom. The van der Waals surface area contributed by atoms with E-state index in [2.05, 4.69) is 11.9 Å². The van der Waals surface area contributed by atoms with Gasteiger partial charge in [0.15, 0.2) is 0 Å². The van der Waals surface area contributed by atoms with Crippen LogP contribution in [0.2, 0.25) is 0 Å². The zero-order valence-electron chi connectivity index (χ0n) is 9.21. The molecule has 16 heavy (non-hydrogen) atoms. The molecule has 86 valence electrons. The van der Waals surface area contributed by atoms with Gasteiger partial charge in [0.05, 0.1) is 0 Å². The van der Waals surface area contributed by atoms with E-state index in [9.17, 15) is 4.39 Å². The van der Waals surface area contributed by atoms with Crippen molar-refractivity contribution in [2.24, 2.45) is 0 Å². The summed E-state index contributed by atoms with van der Waals surface area (Å²) in [6.07, 6.45) is 2.54. The molecular formula is C13H16FNO. The Labute approximate surface area is 95.1 Å². The van der Waals surface area contributed by atoms with E-state index >= 15 is 0 Å². The third-order valence-corrected chi connectivity index (χ3v) is 2.47. The van der Waals surface area contributed by atoms with Crippen LogP contribution in [0.4, 0.5) is 4.39 Å². The maximum absolute atomic E-state index is 12.6. The maximum Gasteiger partial charge on any atom is 0.123 e. The Bertz CT molecular complexity index is 357. The lowest BCUT2D eigenvalue weighted by atomic mass is 10.3. The maximum atomic E-state index is 12.6. The largest absolute Gasteiger partial charge is 0.489 e. The number of halogens is 1. The van der Waals surface area contributed by atoms with Crippen molar-refractivity contribution >= 4 is 0 Å². The lowest BCUT2D eigenvalue weighted by Crippen LogP contribution is -2.21. The molecule has 1 N–H and O–H groups in total. The second-order valence-corrected chi connectivity index (χ2v) is 4.15. The minimum Gasteiger partial charge on any atom is -0.489 e. The Balaban J connectivity index is 1.69. The van der Waals surface area contributed by atoms with Crippen LogP contribution in [0.25, 0.3) is 0 Å². The lowest BCUT2D eigenvalue weighted by Gasteiger charge is -2.09. The highest BCUT2D eigenvalue weighted by atomic mass is 19.1. The van der Waals surface area contributed by atoms with Crippen molar-refractivity contribution in [3.63, 3.8) is 0 Å². The first kappa shape index (κ1) is 11.1. The van der Waals surface area contributed by atoms with Crippen LogP contribution in [0.15, 0.2) is 36.4 Å². The van der Waals surface area contributed by atoms with E-state index in [0.717, 1.165) is 12.1 Å². The van der Waals surface area contributed by atoms with Crippen LogP contribution >= 0.6 is 0 Å². The minimum absolute atomic E-state index is 0.249. The van der Waals surface area contributed by atoms with Crippen molar-refractivity contribution in [1.82, 2.24) is 5.32 Å². The van der Waals surface area contributed by atoms with Crippen molar-refractivity contribution in [1.29, 1.82) is 0 Å². The third-order valence-electron chi connectivity index (χ3n) is 2.47. The van der Waals surface area contributed by atoms with Crippen LogP contribution in [0.5, 0.6) is 5.75 Å². The van der Waals surface area contributed by atoms with E-state index in [0.29, 0.717) is 18.4 Å². The van der Waals surface area contributed by atoms with Gasteiger partial charge in [0.25, 0.3) is 0 Å². The first-order valence-corrected chi connectivity index (χ1v) is 5.52. The third kappa shape index (κ3) is 3.66. The van der Waals surface area contributed by atoms with Crippen molar-refractivity contribution in [3.05, 3.63) is 42.2 Å². The van der Waals surface area contributed by atoms with Crippen LogP contribution in [0, 0.1) is 5.82 Å². The van der Waals surface area contributed by atoms with Gasteiger partial charge in [-0.1, -0.05) is 6.58 Å². The molecule has 0 aromatic heterocycles. The normalized spacial score (nSPS) is 14.8. The van der Waals surface area contributed by atoms with E-state index in [1.807, 2.05) is 0 Å². The van der Waals surface area contributed by atoms with Crippen molar-refractivity contribution in [2.75, 3.05) is 13.2 Å². The summed E-state index contributed by atoms with van der Waals surface area (Å²) in [5, 5.41) is 3.36. The Morgan fingerprint density at radius 2 is 2.06 bits per heavy atom. The van der Waals surface area contributed by atoms with E-state index < -0.39 is 0 Å². The molecule has 1 aromatic rings. The van der Waals surface area contributed by atoms with Crippen molar-refractivity contribution in [3.8, 4) is 5.75 Å². The van der Waals surface area contributed by atoms with Crippen LogP contribution in [0.1, 0.15) is 12.8 Å². The fourth-order valence-electron chi connectivity index (χ4n) is 1.34. The van der Waals surface area contributed by atoms with Gasteiger partial charge in [-0.15, -0.1) is 0 Å². The van der Waals surface area contributed by atoms with Gasteiger partial charge in [-0.3, -0.25) is 0 Å². The second kappa shape index (κ2) is 5.12. The number of hydrogen-bond donors (Lipinski definition) is 1. The van der Waals surface area contributed by atoms with Gasteiger partial charge in [0.2, 0.25) is 0 Å². The molecule has 0 atom stereocenters. The van der Waals surface area contributed by atoms with Gasteiger partial charge in [-0.2, -0.15) is 0 Å². The molecule has 0 radical (unpaired) electrons.